The van der Waals surface area contributed by atoms with E-state index in [0.29, 0.717) is 49.8 Å². The Balaban J connectivity index is 1.19. The number of phenols is 1. The molecule has 0 aliphatic heterocycles. The van der Waals surface area contributed by atoms with Crippen molar-refractivity contribution in [3.63, 3.8) is 0 Å². The van der Waals surface area contributed by atoms with Crippen LogP contribution in [0.2, 0.25) is 0 Å². The summed E-state index contributed by atoms with van der Waals surface area (Å²) in [6, 6.07) is 15.5. The van der Waals surface area contributed by atoms with Crippen LogP contribution < -0.4 is 16.0 Å². The first-order chi connectivity index (χ1) is 21.2. The fourth-order valence-corrected chi connectivity index (χ4v) is 4.32. The van der Waals surface area contributed by atoms with Gasteiger partial charge in [-0.05, 0) is 73.0 Å². The van der Waals surface area contributed by atoms with Crippen molar-refractivity contribution in [2.45, 2.75) is 51.2 Å². The average Bonchev–Trinajstić information content (AvgIpc) is 2.99. The highest BCUT2D eigenvalue weighted by Gasteiger charge is 2.30. The molecule has 3 rings (SSSR count). The van der Waals surface area contributed by atoms with Crippen LogP contribution in [0.5, 0.6) is 5.75 Å². The molecule has 12 heteroatoms. The molecule has 0 radical (unpaired) electrons. The summed E-state index contributed by atoms with van der Waals surface area (Å²) in [5, 5.41) is 37.4. The van der Waals surface area contributed by atoms with Crippen LogP contribution >= 0.6 is 0 Å². The molecule has 3 aromatic rings. The number of aromatic hydroxyl groups is 1. The number of hydrogen-bond donors (Lipinski definition) is 6. The largest absolute Gasteiger partial charge is 0.508 e. The number of aliphatic hydroxyl groups is 2. The number of aliphatic hydroxyl groups excluding tert-OH is 2. The second-order valence-corrected chi connectivity index (χ2v) is 10.2. The van der Waals surface area contributed by atoms with Crippen molar-refractivity contribution in [1.82, 2.24) is 5.32 Å². The highest BCUT2D eigenvalue weighted by Crippen LogP contribution is 2.30. The molecule has 0 unspecified atom stereocenters. The van der Waals surface area contributed by atoms with Gasteiger partial charge in [-0.25, -0.2) is 4.79 Å². The molecule has 0 aliphatic rings. The molecular formula is C32H40F3N3O6. The molecule has 6 N–H and O–H groups in total. The van der Waals surface area contributed by atoms with Crippen LogP contribution in [0.25, 0.3) is 0 Å². The molecule has 0 saturated carbocycles. The van der Waals surface area contributed by atoms with Gasteiger partial charge < -0.3 is 40.7 Å². The number of anilines is 2. The Hall–Kier alpha value is -3.68. The third kappa shape index (κ3) is 12.5. The Morgan fingerprint density at radius 1 is 0.841 bits per heavy atom. The molecule has 0 saturated heterocycles. The van der Waals surface area contributed by atoms with E-state index in [1.54, 1.807) is 30.3 Å². The van der Waals surface area contributed by atoms with Gasteiger partial charge in [0.05, 0.1) is 38.1 Å². The Kier molecular flexibility index (Phi) is 14.4. The van der Waals surface area contributed by atoms with Crippen molar-refractivity contribution >= 4 is 17.4 Å². The van der Waals surface area contributed by atoms with Crippen LogP contribution in [0.4, 0.5) is 29.3 Å². The molecule has 3 aromatic carbocycles. The van der Waals surface area contributed by atoms with Crippen LogP contribution in [0.3, 0.4) is 0 Å². The van der Waals surface area contributed by atoms with Gasteiger partial charge in [-0.1, -0.05) is 37.1 Å². The summed E-state index contributed by atoms with van der Waals surface area (Å²) in [4.78, 5) is 12.3. The Bertz CT molecular complexity index is 1310. The monoisotopic (exact) mass is 619 g/mol. The molecule has 0 aromatic heterocycles. The van der Waals surface area contributed by atoms with Crippen LogP contribution in [0.1, 0.15) is 54.0 Å². The zero-order valence-electron chi connectivity index (χ0n) is 24.4. The van der Waals surface area contributed by atoms with Crippen molar-refractivity contribution in [3.8, 4) is 5.75 Å². The third-order valence-electron chi connectivity index (χ3n) is 6.66. The maximum absolute atomic E-state index is 12.9. The SMILES string of the molecule is O=C(Nc1cccc(COCCOCCCCCCNC[C@@H](O)c2ccc(O)c(CO)c2)c1)Nc1cccc(C(F)(F)F)c1. The molecule has 1 atom stereocenters. The topological polar surface area (TPSA) is 132 Å². The van der Waals surface area contributed by atoms with Crippen LogP contribution in [-0.4, -0.2) is 54.3 Å². The number of benzene rings is 3. The molecule has 240 valence electrons. The fraction of sp³-hybridized carbons (Fsp3) is 0.406. The first kappa shape index (κ1) is 34.8. The molecule has 0 aliphatic carbocycles. The molecule has 0 spiro atoms. The summed E-state index contributed by atoms with van der Waals surface area (Å²) in [5.74, 6) is 0.0108. The number of nitrogens with one attached hydrogen (secondary N) is 3. The molecule has 44 heavy (non-hydrogen) atoms. The Morgan fingerprint density at radius 3 is 2.30 bits per heavy atom. The van der Waals surface area contributed by atoms with E-state index in [0.717, 1.165) is 49.9 Å². The smallest absolute Gasteiger partial charge is 0.416 e. The maximum atomic E-state index is 12.9. The van der Waals surface area contributed by atoms with Gasteiger partial charge >= 0.3 is 12.2 Å². The number of hydrogen-bond acceptors (Lipinski definition) is 7. The van der Waals surface area contributed by atoms with Crippen molar-refractivity contribution in [3.05, 3.63) is 89.0 Å². The minimum atomic E-state index is -4.50. The molecule has 9 nitrogen and oxygen atoms in total. The first-order valence-electron chi connectivity index (χ1n) is 14.5. The summed E-state index contributed by atoms with van der Waals surface area (Å²) in [6.07, 6.45) is -1.28. The summed E-state index contributed by atoms with van der Waals surface area (Å²) >= 11 is 0. The predicted molar refractivity (Wildman–Crippen MR) is 161 cm³/mol. The predicted octanol–water partition coefficient (Wildman–Crippen LogP) is 5.96. The zero-order chi connectivity index (χ0) is 31.8. The summed E-state index contributed by atoms with van der Waals surface area (Å²) in [5.41, 5.74) is 1.52. The van der Waals surface area contributed by atoms with Gasteiger partial charge in [-0.2, -0.15) is 13.2 Å². The number of carbonyl (C=O) groups is 1. The first-order valence-corrected chi connectivity index (χ1v) is 14.5. The average molecular weight is 620 g/mol. The molecule has 2 amide bonds. The molecule has 0 heterocycles. The van der Waals surface area contributed by atoms with Gasteiger partial charge in [0.15, 0.2) is 0 Å². The normalized spacial score (nSPS) is 12.2. The van der Waals surface area contributed by atoms with E-state index in [9.17, 15) is 33.3 Å². The van der Waals surface area contributed by atoms with E-state index in [1.165, 1.54) is 18.2 Å². The van der Waals surface area contributed by atoms with E-state index >= 15 is 0 Å². The standard InChI is InChI=1S/C32H40F3N3O6/c33-32(34,35)26-8-6-10-28(19-26)38-31(42)37-27-9-5-7-23(17-27)22-44-16-15-43-14-4-2-1-3-13-36-20-30(41)24-11-12-29(40)25(18-24)21-39/h5-12,17-19,30,36,39-41H,1-4,13-16,20-22H2,(H2,37,38,42)/t30-/m1/s1. The minimum Gasteiger partial charge on any atom is -0.508 e. The van der Waals surface area contributed by atoms with Gasteiger partial charge in [0.25, 0.3) is 0 Å². The van der Waals surface area contributed by atoms with E-state index < -0.39 is 23.9 Å². The van der Waals surface area contributed by atoms with Gasteiger partial charge in [-0.15, -0.1) is 0 Å². The number of unbranched alkanes of at least 4 members (excludes halogenated alkanes) is 3. The molecule has 0 bridgehead atoms. The number of carbonyl (C=O) groups excluding carboxylic acids is 1. The minimum absolute atomic E-state index is 0.0108. The lowest BCUT2D eigenvalue weighted by Gasteiger charge is -2.14. The van der Waals surface area contributed by atoms with Crippen LogP contribution in [-0.2, 0) is 28.9 Å². The van der Waals surface area contributed by atoms with Gasteiger partial charge in [0.2, 0.25) is 0 Å². The van der Waals surface area contributed by atoms with E-state index in [4.69, 9.17) is 9.47 Å². The highest BCUT2D eigenvalue weighted by molar-refractivity contribution is 5.99. The third-order valence-corrected chi connectivity index (χ3v) is 6.66. The van der Waals surface area contributed by atoms with Crippen LogP contribution in [0, 0.1) is 0 Å². The number of ether oxygens (including phenoxy) is 2. The van der Waals surface area contributed by atoms with Crippen molar-refractivity contribution in [2.75, 3.05) is 43.5 Å². The lowest BCUT2D eigenvalue weighted by molar-refractivity contribution is -0.137. The fourth-order valence-electron chi connectivity index (χ4n) is 4.32. The van der Waals surface area contributed by atoms with Gasteiger partial charge in [-0.3, -0.25) is 0 Å². The number of amides is 2. The second kappa shape index (κ2) is 18.2. The quantitative estimate of drug-likeness (QED) is 0.0968. The number of alkyl halides is 3. The number of halogens is 3. The van der Waals surface area contributed by atoms with E-state index in [2.05, 4.69) is 16.0 Å². The second-order valence-electron chi connectivity index (χ2n) is 10.2. The Labute approximate surface area is 255 Å². The summed E-state index contributed by atoms with van der Waals surface area (Å²) in [7, 11) is 0. The summed E-state index contributed by atoms with van der Waals surface area (Å²) < 4.78 is 49.9. The molecule has 0 fully saturated rings. The number of urea groups is 1. The van der Waals surface area contributed by atoms with Gasteiger partial charge in [0.1, 0.15) is 5.75 Å². The Morgan fingerprint density at radius 2 is 1.55 bits per heavy atom. The van der Waals surface area contributed by atoms with Crippen molar-refractivity contribution in [2.24, 2.45) is 0 Å². The maximum Gasteiger partial charge on any atom is 0.416 e. The lowest BCUT2D eigenvalue weighted by Crippen LogP contribution is -2.22. The van der Waals surface area contributed by atoms with E-state index in [-0.39, 0.29) is 18.0 Å². The van der Waals surface area contributed by atoms with Crippen molar-refractivity contribution < 1.29 is 42.8 Å². The van der Waals surface area contributed by atoms with Crippen molar-refractivity contribution in [1.29, 1.82) is 0 Å². The lowest BCUT2D eigenvalue weighted by atomic mass is 10.1. The zero-order valence-corrected chi connectivity index (χ0v) is 24.4. The van der Waals surface area contributed by atoms with Crippen LogP contribution in [0.15, 0.2) is 66.7 Å². The molecular weight excluding hydrogens is 579 g/mol. The summed E-state index contributed by atoms with van der Waals surface area (Å²) in [6.45, 7) is 2.67. The van der Waals surface area contributed by atoms with Gasteiger partial charge in [0, 0.05) is 30.1 Å². The number of rotatable bonds is 18. The van der Waals surface area contributed by atoms with E-state index in [1.807, 2.05) is 6.07 Å². The highest BCUT2D eigenvalue weighted by atomic mass is 19.4.